The van der Waals surface area contributed by atoms with E-state index in [0.717, 1.165) is 11.9 Å². The number of hydrogen-bond donors (Lipinski definition) is 1. The molecule has 1 aromatic heterocycles. The van der Waals surface area contributed by atoms with Crippen LogP contribution < -0.4 is 5.32 Å². The Hall–Kier alpha value is -0.930. The van der Waals surface area contributed by atoms with Gasteiger partial charge in [-0.2, -0.15) is 0 Å². The first kappa shape index (κ1) is 12.1. The summed E-state index contributed by atoms with van der Waals surface area (Å²) in [4.78, 5) is 4.78. The molecule has 3 heteroatoms. The highest BCUT2D eigenvalue weighted by molar-refractivity contribution is 7.18. The van der Waals surface area contributed by atoms with E-state index in [-0.39, 0.29) is 0 Å². The summed E-state index contributed by atoms with van der Waals surface area (Å²) in [5.74, 6) is 0. The molecule has 96 valence electrons. The Balaban J connectivity index is 1.85. The molecule has 2 heterocycles. The normalized spacial score (nSPS) is 23.8. The standard InChI is InChI=1S/C15H20N2S/c1-2-8-15(9-5-10-16-15)11-14-17-12-6-3-4-7-13(12)18-14/h3-4,6-7,16H,2,5,8-11H2,1H3. The third-order valence-corrected chi connectivity index (χ3v) is 4.92. The molecule has 1 fully saturated rings. The zero-order chi connectivity index (χ0) is 12.4. The van der Waals surface area contributed by atoms with Crippen LogP contribution in [0.4, 0.5) is 0 Å². The number of thiazole rings is 1. The molecule has 0 bridgehead atoms. The predicted octanol–water partition coefficient (Wildman–Crippen LogP) is 3.76. The molecule has 3 rings (SSSR count). The summed E-state index contributed by atoms with van der Waals surface area (Å²) >= 11 is 1.86. The number of aromatic nitrogens is 1. The SMILES string of the molecule is CCCC1(Cc2nc3ccccc3s2)CCCN1. The van der Waals surface area contributed by atoms with E-state index in [2.05, 4.69) is 36.5 Å². The molecule has 0 spiro atoms. The molecule has 1 unspecified atom stereocenters. The quantitative estimate of drug-likeness (QED) is 0.905. The highest BCUT2D eigenvalue weighted by Crippen LogP contribution is 2.31. The number of fused-ring (bicyclic) bond motifs is 1. The molecule has 1 aliphatic rings. The molecular weight excluding hydrogens is 240 g/mol. The molecule has 0 amide bonds. The van der Waals surface area contributed by atoms with Crippen LogP contribution in [0, 0.1) is 0 Å². The van der Waals surface area contributed by atoms with Crippen molar-refractivity contribution in [1.29, 1.82) is 0 Å². The van der Waals surface area contributed by atoms with Gasteiger partial charge in [-0.25, -0.2) is 4.98 Å². The Morgan fingerprint density at radius 2 is 2.28 bits per heavy atom. The lowest BCUT2D eigenvalue weighted by molar-refractivity contribution is 0.341. The zero-order valence-electron chi connectivity index (χ0n) is 10.9. The minimum atomic E-state index is 0.322. The Kier molecular flexibility index (Phi) is 3.35. The van der Waals surface area contributed by atoms with Crippen LogP contribution in [0.2, 0.25) is 0 Å². The van der Waals surface area contributed by atoms with Gasteiger partial charge in [-0.3, -0.25) is 0 Å². The summed E-state index contributed by atoms with van der Waals surface area (Å²) in [6.07, 6.45) is 6.22. The summed E-state index contributed by atoms with van der Waals surface area (Å²) in [6, 6.07) is 8.45. The summed E-state index contributed by atoms with van der Waals surface area (Å²) < 4.78 is 1.32. The molecule has 1 N–H and O–H groups in total. The molecule has 1 aliphatic heterocycles. The topological polar surface area (TPSA) is 24.9 Å². The fourth-order valence-electron chi connectivity index (χ4n) is 3.08. The molecule has 2 nitrogen and oxygen atoms in total. The zero-order valence-corrected chi connectivity index (χ0v) is 11.7. The summed E-state index contributed by atoms with van der Waals surface area (Å²) in [7, 11) is 0. The van der Waals surface area contributed by atoms with Crippen molar-refractivity contribution in [3.63, 3.8) is 0 Å². The number of rotatable bonds is 4. The smallest absolute Gasteiger partial charge is 0.0956 e. The minimum absolute atomic E-state index is 0.322. The van der Waals surface area contributed by atoms with E-state index >= 15 is 0 Å². The lowest BCUT2D eigenvalue weighted by atomic mass is 9.89. The van der Waals surface area contributed by atoms with E-state index in [9.17, 15) is 0 Å². The van der Waals surface area contributed by atoms with Gasteiger partial charge >= 0.3 is 0 Å². The average Bonchev–Trinajstić information content (AvgIpc) is 2.96. The number of nitrogens with one attached hydrogen (secondary N) is 1. The molecule has 1 atom stereocenters. The maximum absolute atomic E-state index is 4.78. The third-order valence-electron chi connectivity index (χ3n) is 3.89. The summed E-state index contributed by atoms with van der Waals surface area (Å²) in [5.41, 5.74) is 1.48. The number of benzene rings is 1. The van der Waals surface area contributed by atoms with Crippen LogP contribution in [-0.2, 0) is 6.42 Å². The van der Waals surface area contributed by atoms with Gasteiger partial charge in [0.2, 0.25) is 0 Å². The largest absolute Gasteiger partial charge is 0.311 e. The Bertz CT molecular complexity index is 493. The lowest BCUT2D eigenvalue weighted by Crippen LogP contribution is -2.41. The van der Waals surface area contributed by atoms with Crippen molar-refractivity contribution in [3.8, 4) is 0 Å². The van der Waals surface area contributed by atoms with Gasteiger partial charge in [0.25, 0.3) is 0 Å². The first-order chi connectivity index (χ1) is 8.81. The predicted molar refractivity (Wildman–Crippen MR) is 78.2 cm³/mol. The summed E-state index contributed by atoms with van der Waals surface area (Å²) in [6.45, 7) is 3.45. The Labute approximate surface area is 112 Å². The van der Waals surface area contributed by atoms with Gasteiger partial charge in [0.05, 0.1) is 15.2 Å². The molecule has 0 radical (unpaired) electrons. The highest BCUT2D eigenvalue weighted by atomic mass is 32.1. The van der Waals surface area contributed by atoms with Crippen LogP contribution in [0.15, 0.2) is 24.3 Å². The van der Waals surface area contributed by atoms with Crippen molar-refractivity contribution >= 4 is 21.6 Å². The van der Waals surface area contributed by atoms with E-state index in [1.54, 1.807) is 0 Å². The first-order valence-corrected chi connectivity index (χ1v) is 7.72. The van der Waals surface area contributed by atoms with Gasteiger partial charge in [0, 0.05) is 12.0 Å². The van der Waals surface area contributed by atoms with E-state index < -0.39 is 0 Å². The van der Waals surface area contributed by atoms with E-state index in [1.807, 2.05) is 11.3 Å². The molecule has 2 aromatic rings. The van der Waals surface area contributed by atoms with Crippen LogP contribution in [0.25, 0.3) is 10.2 Å². The average molecular weight is 260 g/mol. The molecule has 1 aromatic carbocycles. The van der Waals surface area contributed by atoms with Crippen molar-refractivity contribution in [2.24, 2.45) is 0 Å². The monoisotopic (exact) mass is 260 g/mol. The Morgan fingerprint density at radius 3 is 3.00 bits per heavy atom. The van der Waals surface area contributed by atoms with E-state index in [1.165, 1.54) is 41.9 Å². The maximum Gasteiger partial charge on any atom is 0.0956 e. The van der Waals surface area contributed by atoms with Gasteiger partial charge in [-0.1, -0.05) is 25.5 Å². The fourth-order valence-corrected chi connectivity index (χ4v) is 4.20. The van der Waals surface area contributed by atoms with Gasteiger partial charge in [-0.05, 0) is 37.9 Å². The minimum Gasteiger partial charge on any atom is -0.311 e. The third kappa shape index (κ3) is 2.29. The number of nitrogens with zero attached hydrogens (tertiary/aromatic N) is 1. The van der Waals surface area contributed by atoms with Crippen LogP contribution >= 0.6 is 11.3 Å². The van der Waals surface area contributed by atoms with Crippen LogP contribution in [0.3, 0.4) is 0 Å². The second kappa shape index (κ2) is 4.98. The van der Waals surface area contributed by atoms with Crippen molar-refractivity contribution in [1.82, 2.24) is 10.3 Å². The van der Waals surface area contributed by atoms with Crippen LogP contribution in [0.5, 0.6) is 0 Å². The molecule has 1 saturated heterocycles. The number of para-hydroxylation sites is 1. The molecular formula is C15H20N2S. The fraction of sp³-hybridized carbons (Fsp3) is 0.533. The van der Waals surface area contributed by atoms with E-state index in [4.69, 9.17) is 4.98 Å². The second-order valence-corrected chi connectivity index (χ2v) is 6.43. The van der Waals surface area contributed by atoms with Crippen molar-refractivity contribution in [2.75, 3.05) is 6.54 Å². The van der Waals surface area contributed by atoms with Crippen molar-refractivity contribution in [3.05, 3.63) is 29.3 Å². The molecule has 0 saturated carbocycles. The molecule has 18 heavy (non-hydrogen) atoms. The number of hydrogen-bond acceptors (Lipinski definition) is 3. The van der Waals surface area contributed by atoms with Crippen molar-refractivity contribution in [2.45, 2.75) is 44.6 Å². The highest BCUT2D eigenvalue weighted by Gasteiger charge is 2.33. The lowest BCUT2D eigenvalue weighted by Gasteiger charge is -2.28. The van der Waals surface area contributed by atoms with Crippen molar-refractivity contribution < 1.29 is 0 Å². The first-order valence-electron chi connectivity index (χ1n) is 6.91. The van der Waals surface area contributed by atoms with Gasteiger partial charge < -0.3 is 5.32 Å². The van der Waals surface area contributed by atoms with Crippen LogP contribution in [-0.4, -0.2) is 17.1 Å². The summed E-state index contributed by atoms with van der Waals surface area (Å²) in [5, 5.41) is 5.02. The van der Waals surface area contributed by atoms with E-state index in [0.29, 0.717) is 5.54 Å². The Morgan fingerprint density at radius 1 is 1.39 bits per heavy atom. The van der Waals surface area contributed by atoms with Gasteiger partial charge in [0.15, 0.2) is 0 Å². The van der Waals surface area contributed by atoms with Gasteiger partial charge in [0.1, 0.15) is 0 Å². The maximum atomic E-state index is 4.78. The van der Waals surface area contributed by atoms with Crippen LogP contribution in [0.1, 0.15) is 37.6 Å². The molecule has 0 aliphatic carbocycles. The second-order valence-electron chi connectivity index (χ2n) is 5.31. The van der Waals surface area contributed by atoms with Gasteiger partial charge in [-0.15, -0.1) is 11.3 Å².